The number of carbonyl (C=O) groups excluding carboxylic acids is 1. The molecule has 1 aromatic heterocycles. The molecule has 5 rings (SSSR count). The summed E-state index contributed by atoms with van der Waals surface area (Å²) in [6.45, 7) is 1.01. The van der Waals surface area contributed by atoms with Crippen LogP contribution in [0.15, 0.2) is 77.0 Å². The zero-order valence-corrected chi connectivity index (χ0v) is 23.0. The molecule has 2 aliphatic carbocycles. The third-order valence-electron chi connectivity index (χ3n) is 7.00. The van der Waals surface area contributed by atoms with Gasteiger partial charge in [-0.05, 0) is 83.8 Å². The second-order valence-corrected chi connectivity index (χ2v) is 11.2. The van der Waals surface area contributed by atoms with Crippen LogP contribution in [0.25, 0.3) is 5.69 Å². The zero-order valence-electron chi connectivity index (χ0n) is 21.5. The van der Waals surface area contributed by atoms with Crippen LogP contribution >= 0.6 is 15.9 Å². The van der Waals surface area contributed by atoms with Gasteiger partial charge in [0.15, 0.2) is 5.69 Å². The molecule has 3 aromatic rings. The van der Waals surface area contributed by atoms with Crippen LogP contribution in [-0.4, -0.2) is 27.3 Å². The van der Waals surface area contributed by atoms with E-state index in [0.717, 1.165) is 27.3 Å². The summed E-state index contributed by atoms with van der Waals surface area (Å²) in [4.78, 5) is 13.4. The Balaban J connectivity index is 1.44. The topological polar surface area (TPSA) is 105 Å². The SMILES string of the molecule is NCc1cccc(-n2nc(C(F)(F)F)cc2C(=O)Nc2cccc(C(NCC3CC3)C3C=C(O)C=C(Br)C3)c2)c1. The maximum absolute atomic E-state index is 13.6. The lowest BCUT2D eigenvalue weighted by molar-refractivity contribution is -0.141. The van der Waals surface area contributed by atoms with Crippen LogP contribution in [-0.2, 0) is 12.7 Å². The molecule has 1 amide bonds. The van der Waals surface area contributed by atoms with E-state index in [-0.39, 0.29) is 30.0 Å². The lowest BCUT2D eigenvalue weighted by Crippen LogP contribution is -2.30. The van der Waals surface area contributed by atoms with Crippen molar-refractivity contribution in [3.05, 3.63) is 99.5 Å². The first-order valence-electron chi connectivity index (χ1n) is 13.0. The summed E-state index contributed by atoms with van der Waals surface area (Å²) >= 11 is 3.51. The van der Waals surface area contributed by atoms with Gasteiger partial charge in [0.25, 0.3) is 5.91 Å². The van der Waals surface area contributed by atoms with Crippen molar-refractivity contribution >= 4 is 27.5 Å². The number of nitrogens with two attached hydrogens (primary N) is 1. The number of aromatic nitrogens is 2. The summed E-state index contributed by atoms with van der Waals surface area (Å²) in [7, 11) is 0. The molecule has 2 unspecified atom stereocenters. The molecule has 7 nitrogen and oxygen atoms in total. The van der Waals surface area contributed by atoms with Crippen molar-refractivity contribution < 1.29 is 23.1 Å². The Morgan fingerprint density at radius 2 is 1.95 bits per heavy atom. The second kappa shape index (κ2) is 11.6. The molecule has 1 heterocycles. The maximum Gasteiger partial charge on any atom is 0.435 e. The van der Waals surface area contributed by atoms with E-state index in [4.69, 9.17) is 5.73 Å². The van der Waals surface area contributed by atoms with Crippen LogP contribution in [0.5, 0.6) is 0 Å². The molecule has 5 N–H and O–H groups in total. The Hall–Kier alpha value is -3.41. The van der Waals surface area contributed by atoms with Crippen molar-refractivity contribution in [3.8, 4) is 5.69 Å². The average molecular weight is 616 g/mol. The van der Waals surface area contributed by atoms with Gasteiger partial charge in [-0.15, -0.1) is 0 Å². The summed E-state index contributed by atoms with van der Waals surface area (Å²) in [6.07, 6.45) is 1.79. The lowest BCUT2D eigenvalue weighted by atomic mass is 9.87. The van der Waals surface area contributed by atoms with Crippen molar-refractivity contribution in [2.24, 2.45) is 17.6 Å². The number of allylic oxidation sites excluding steroid dienone is 2. The Bertz CT molecular complexity index is 1460. The summed E-state index contributed by atoms with van der Waals surface area (Å²) in [5, 5.41) is 20.3. The highest BCUT2D eigenvalue weighted by molar-refractivity contribution is 9.11. The van der Waals surface area contributed by atoms with Crippen LogP contribution < -0.4 is 16.4 Å². The Morgan fingerprint density at radius 3 is 2.65 bits per heavy atom. The second-order valence-electron chi connectivity index (χ2n) is 10.2. The molecule has 40 heavy (non-hydrogen) atoms. The molecule has 1 fully saturated rings. The smallest absolute Gasteiger partial charge is 0.435 e. The van der Waals surface area contributed by atoms with Crippen molar-refractivity contribution in [3.63, 3.8) is 0 Å². The molecular weight excluding hydrogens is 587 g/mol. The third-order valence-corrected chi connectivity index (χ3v) is 7.55. The van der Waals surface area contributed by atoms with Crippen LogP contribution in [0.3, 0.4) is 0 Å². The van der Waals surface area contributed by atoms with Crippen molar-refractivity contribution in [2.45, 2.75) is 38.0 Å². The molecule has 0 radical (unpaired) electrons. The molecule has 0 aliphatic heterocycles. The summed E-state index contributed by atoms with van der Waals surface area (Å²) in [5.74, 6) is 0.0148. The Morgan fingerprint density at radius 1 is 1.18 bits per heavy atom. The van der Waals surface area contributed by atoms with Gasteiger partial charge >= 0.3 is 6.18 Å². The van der Waals surface area contributed by atoms with Gasteiger partial charge in [-0.2, -0.15) is 18.3 Å². The first-order valence-corrected chi connectivity index (χ1v) is 13.8. The first-order chi connectivity index (χ1) is 19.1. The monoisotopic (exact) mass is 615 g/mol. The van der Waals surface area contributed by atoms with E-state index in [2.05, 4.69) is 31.7 Å². The summed E-state index contributed by atoms with van der Waals surface area (Å²) < 4.78 is 42.6. The molecule has 210 valence electrons. The fourth-order valence-corrected chi connectivity index (χ4v) is 5.42. The number of aliphatic hydroxyl groups excluding tert-OH is 1. The van der Waals surface area contributed by atoms with E-state index in [1.165, 1.54) is 12.8 Å². The Kier molecular flexibility index (Phi) is 8.16. The molecule has 0 spiro atoms. The van der Waals surface area contributed by atoms with Gasteiger partial charge in [-0.1, -0.05) is 40.2 Å². The van der Waals surface area contributed by atoms with Gasteiger partial charge in [-0.25, -0.2) is 4.68 Å². The van der Waals surface area contributed by atoms with Gasteiger partial charge in [-0.3, -0.25) is 4.79 Å². The predicted molar refractivity (Wildman–Crippen MR) is 150 cm³/mol. The number of alkyl halides is 3. The first kappa shape index (κ1) is 28.1. The highest BCUT2D eigenvalue weighted by atomic mass is 79.9. The quantitative estimate of drug-likeness (QED) is 0.223. The number of rotatable bonds is 9. The molecule has 2 atom stereocenters. The molecule has 2 aromatic carbocycles. The number of benzene rings is 2. The van der Waals surface area contributed by atoms with Crippen LogP contribution in [0.4, 0.5) is 18.9 Å². The minimum absolute atomic E-state index is 0.0466. The number of hydrogen-bond donors (Lipinski definition) is 4. The van der Waals surface area contributed by atoms with E-state index in [1.807, 2.05) is 12.1 Å². The highest BCUT2D eigenvalue weighted by Crippen LogP contribution is 2.37. The number of amides is 1. The van der Waals surface area contributed by atoms with Crippen LogP contribution in [0.2, 0.25) is 0 Å². The summed E-state index contributed by atoms with van der Waals surface area (Å²) in [6, 6.07) is 14.4. The van der Waals surface area contributed by atoms with Gasteiger partial charge in [0.2, 0.25) is 0 Å². The number of hydrogen-bond acceptors (Lipinski definition) is 5. The standard InChI is InChI=1S/C29H29BrF3N5O2/c30-21-10-20(12-24(39)13-21)27(35-16-17-7-8-17)19-4-2-5-22(11-19)36-28(40)25-14-26(29(31,32)33)37-38(25)23-6-1-3-18(9-23)15-34/h1-6,9,11-14,17,20,27,35,39H,7-8,10,15-16,34H2,(H,36,40). The van der Waals surface area contributed by atoms with E-state index < -0.39 is 17.8 Å². The number of anilines is 1. The van der Waals surface area contributed by atoms with Gasteiger partial charge in [0, 0.05) is 30.3 Å². The maximum atomic E-state index is 13.6. The van der Waals surface area contributed by atoms with E-state index in [9.17, 15) is 23.1 Å². The molecule has 2 aliphatic rings. The minimum atomic E-state index is -4.73. The van der Waals surface area contributed by atoms with Crippen molar-refractivity contribution in [1.82, 2.24) is 15.1 Å². The van der Waals surface area contributed by atoms with Gasteiger partial charge in [0.1, 0.15) is 11.5 Å². The molecular formula is C29H29BrF3N5O2. The predicted octanol–water partition coefficient (Wildman–Crippen LogP) is 6.38. The fraction of sp³-hybridized carbons (Fsp3) is 0.310. The number of nitrogens with zero attached hydrogens (tertiary/aromatic N) is 2. The average Bonchev–Trinajstić information content (AvgIpc) is 3.61. The van der Waals surface area contributed by atoms with Crippen molar-refractivity contribution in [1.29, 1.82) is 0 Å². The minimum Gasteiger partial charge on any atom is -0.508 e. The van der Waals surface area contributed by atoms with Crippen molar-refractivity contribution in [2.75, 3.05) is 11.9 Å². The number of carbonyl (C=O) groups is 1. The largest absolute Gasteiger partial charge is 0.508 e. The van der Waals surface area contributed by atoms with Gasteiger partial charge < -0.3 is 21.5 Å². The number of nitrogens with one attached hydrogen (secondary N) is 2. The van der Waals surface area contributed by atoms with Crippen LogP contribution in [0.1, 0.15) is 52.6 Å². The molecule has 0 saturated heterocycles. The number of halogens is 4. The summed E-state index contributed by atoms with van der Waals surface area (Å²) in [5.41, 5.74) is 6.57. The van der Waals surface area contributed by atoms with E-state index in [1.54, 1.807) is 48.5 Å². The fourth-order valence-electron chi connectivity index (χ4n) is 4.82. The molecule has 0 bridgehead atoms. The van der Waals surface area contributed by atoms with E-state index in [0.29, 0.717) is 29.3 Å². The zero-order chi connectivity index (χ0) is 28.4. The molecule has 1 saturated carbocycles. The third kappa shape index (κ3) is 6.65. The van der Waals surface area contributed by atoms with E-state index >= 15 is 0 Å². The Labute approximate surface area is 238 Å². The number of aliphatic hydroxyl groups is 1. The van der Waals surface area contributed by atoms with Crippen LogP contribution in [0, 0.1) is 11.8 Å². The highest BCUT2D eigenvalue weighted by Gasteiger charge is 2.36. The normalized spacial score (nSPS) is 18.2. The molecule has 11 heteroatoms. The lowest BCUT2D eigenvalue weighted by Gasteiger charge is -2.29. The van der Waals surface area contributed by atoms with Gasteiger partial charge in [0.05, 0.1) is 5.69 Å².